The fourth-order valence-corrected chi connectivity index (χ4v) is 2.89. The number of hydrogen-bond acceptors (Lipinski definition) is 5. The summed E-state index contributed by atoms with van der Waals surface area (Å²) < 4.78 is 0. The third-order valence-electron chi connectivity index (χ3n) is 2.78. The molecule has 5 heteroatoms. The Bertz CT molecular complexity index is 413. The molecule has 0 spiro atoms. The highest BCUT2D eigenvalue weighted by Gasteiger charge is 2.18. The van der Waals surface area contributed by atoms with Crippen molar-refractivity contribution in [2.45, 2.75) is 20.3 Å². The fraction of sp³-hybridized carbons (Fsp3) is 0.667. The van der Waals surface area contributed by atoms with Crippen molar-refractivity contribution in [3.8, 4) is 6.07 Å². The summed E-state index contributed by atoms with van der Waals surface area (Å²) in [5.74, 6) is 0.542. The van der Waals surface area contributed by atoms with Gasteiger partial charge >= 0.3 is 0 Å². The first-order valence-corrected chi connectivity index (χ1v) is 6.88. The van der Waals surface area contributed by atoms with Gasteiger partial charge in [-0.15, -0.1) is 0 Å². The number of anilines is 1. The van der Waals surface area contributed by atoms with Crippen molar-refractivity contribution in [1.82, 2.24) is 10.3 Å². The van der Waals surface area contributed by atoms with Gasteiger partial charge in [0.15, 0.2) is 5.13 Å². The lowest BCUT2D eigenvalue weighted by molar-refractivity contribution is 0.586. The van der Waals surface area contributed by atoms with E-state index in [0.717, 1.165) is 48.3 Å². The number of nitrogens with one attached hydrogen (secondary N) is 1. The van der Waals surface area contributed by atoms with Gasteiger partial charge in [0.05, 0.1) is 5.69 Å². The molecule has 0 atom stereocenters. The average Bonchev–Trinajstić information content (AvgIpc) is 2.72. The van der Waals surface area contributed by atoms with Gasteiger partial charge < -0.3 is 10.2 Å². The molecule has 1 fully saturated rings. The van der Waals surface area contributed by atoms with Crippen molar-refractivity contribution in [3.63, 3.8) is 0 Å². The monoisotopic (exact) mass is 250 g/mol. The molecule has 1 aromatic rings. The second-order valence-electron chi connectivity index (χ2n) is 4.72. The van der Waals surface area contributed by atoms with Gasteiger partial charge in [-0.25, -0.2) is 4.98 Å². The Morgan fingerprint density at radius 1 is 1.47 bits per heavy atom. The maximum absolute atomic E-state index is 9.13. The summed E-state index contributed by atoms with van der Waals surface area (Å²) in [7, 11) is 0. The Balaban J connectivity index is 2.18. The van der Waals surface area contributed by atoms with Crippen LogP contribution in [0.2, 0.25) is 0 Å². The molecule has 92 valence electrons. The number of aromatic nitrogens is 1. The molecule has 2 heterocycles. The molecule has 0 saturated carbocycles. The molecule has 0 aliphatic carbocycles. The van der Waals surface area contributed by atoms with E-state index in [1.807, 2.05) is 0 Å². The van der Waals surface area contributed by atoms with E-state index in [1.54, 1.807) is 0 Å². The summed E-state index contributed by atoms with van der Waals surface area (Å²) in [6.07, 6.45) is 0.894. The molecular weight excluding hydrogens is 232 g/mol. The third kappa shape index (κ3) is 2.96. The topological polar surface area (TPSA) is 52.0 Å². The van der Waals surface area contributed by atoms with Crippen molar-refractivity contribution < 1.29 is 0 Å². The van der Waals surface area contributed by atoms with Crippen LogP contribution in [0, 0.1) is 17.2 Å². The minimum atomic E-state index is 0.542. The fourth-order valence-electron chi connectivity index (χ4n) is 1.94. The number of piperazine rings is 1. The van der Waals surface area contributed by atoms with E-state index in [0.29, 0.717) is 5.92 Å². The highest BCUT2D eigenvalue weighted by Crippen LogP contribution is 2.27. The van der Waals surface area contributed by atoms with Crippen LogP contribution in [-0.4, -0.2) is 31.2 Å². The van der Waals surface area contributed by atoms with E-state index in [4.69, 9.17) is 5.26 Å². The zero-order chi connectivity index (χ0) is 12.3. The molecule has 1 aliphatic rings. The van der Waals surface area contributed by atoms with Gasteiger partial charge in [0.1, 0.15) is 10.9 Å². The average molecular weight is 250 g/mol. The molecule has 2 rings (SSSR count). The zero-order valence-corrected chi connectivity index (χ0v) is 11.2. The lowest BCUT2D eigenvalue weighted by Gasteiger charge is -2.26. The lowest BCUT2D eigenvalue weighted by Crippen LogP contribution is -2.43. The van der Waals surface area contributed by atoms with Crippen molar-refractivity contribution in [3.05, 3.63) is 10.6 Å². The standard InChI is InChI=1S/C12H18N4S/c1-9(2)7-10-11(8-13)17-12(15-10)16-5-3-14-4-6-16/h9,14H,3-7H2,1-2H3. The first kappa shape index (κ1) is 12.3. The largest absolute Gasteiger partial charge is 0.346 e. The molecule has 0 amide bonds. The number of nitriles is 1. The van der Waals surface area contributed by atoms with Gasteiger partial charge in [0.25, 0.3) is 0 Å². The Kier molecular flexibility index (Phi) is 3.97. The quantitative estimate of drug-likeness (QED) is 0.885. The molecule has 1 N–H and O–H groups in total. The van der Waals surface area contributed by atoms with E-state index in [9.17, 15) is 0 Å². The van der Waals surface area contributed by atoms with Crippen LogP contribution in [-0.2, 0) is 6.42 Å². The van der Waals surface area contributed by atoms with E-state index in [2.05, 4.69) is 35.1 Å². The highest BCUT2D eigenvalue weighted by atomic mass is 32.1. The first-order valence-electron chi connectivity index (χ1n) is 6.06. The number of hydrogen-bond donors (Lipinski definition) is 1. The molecule has 1 aliphatic heterocycles. The Morgan fingerprint density at radius 3 is 2.76 bits per heavy atom. The third-order valence-corrected chi connectivity index (χ3v) is 3.84. The van der Waals surface area contributed by atoms with Crippen LogP contribution < -0.4 is 10.2 Å². The maximum Gasteiger partial charge on any atom is 0.186 e. The molecule has 17 heavy (non-hydrogen) atoms. The highest BCUT2D eigenvalue weighted by molar-refractivity contribution is 7.16. The smallest absolute Gasteiger partial charge is 0.186 e. The molecule has 0 radical (unpaired) electrons. The maximum atomic E-state index is 9.13. The van der Waals surface area contributed by atoms with Crippen molar-refractivity contribution in [2.75, 3.05) is 31.1 Å². The van der Waals surface area contributed by atoms with Crippen molar-refractivity contribution in [1.29, 1.82) is 5.26 Å². The predicted molar refractivity (Wildman–Crippen MR) is 70.5 cm³/mol. The van der Waals surface area contributed by atoms with E-state index in [-0.39, 0.29) is 0 Å². The summed E-state index contributed by atoms with van der Waals surface area (Å²) in [6.45, 7) is 8.29. The van der Waals surface area contributed by atoms with Gasteiger partial charge in [0.2, 0.25) is 0 Å². The Labute approximate surface area is 106 Å². The normalized spacial score (nSPS) is 16.2. The van der Waals surface area contributed by atoms with Crippen LogP contribution in [0.3, 0.4) is 0 Å². The summed E-state index contributed by atoms with van der Waals surface area (Å²) in [5.41, 5.74) is 0.973. The number of nitrogens with zero attached hydrogens (tertiary/aromatic N) is 3. The molecule has 4 nitrogen and oxygen atoms in total. The zero-order valence-electron chi connectivity index (χ0n) is 10.4. The molecule has 0 bridgehead atoms. The second kappa shape index (κ2) is 5.48. The van der Waals surface area contributed by atoms with Crippen LogP contribution in [0.25, 0.3) is 0 Å². The minimum absolute atomic E-state index is 0.542. The van der Waals surface area contributed by atoms with Crippen LogP contribution in [0.4, 0.5) is 5.13 Å². The first-order chi connectivity index (χ1) is 8.20. The number of thiazole rings is 1. The SMILES string of the molecule is CC(C)Cc1nc(N2CCNCC2)sc1C#N. The molecular formula is C12H18N4S. The second-order valence-corrected chi connectivity index (χ2v) is 5.70. The van der Waals surface area contributed by atoms with Crippen LogP contribution in [0.15, 0.2) is 0 Å². The van der Waals surface area contributed by atoms with Gasteiger partial charge in [-0.3, -0.25) is 0 Å². The molecule has 0 aromatic carbocycles. The molecule has 1 saturated heterocycles. The van der Waals surface area contributed by atoms with E-state index >= 15 is 0 Å². The summed E-state index contributed by atoms with van der Waals surface area (Å²) in [4.78, 5) is 7.69. The Morgan fingerprint density at radius 2 is 2.18 bits per heavy atom. The summed E-state index contributed by atoms with van der Waals surface area (Å²) in [6, 6.07) is 2.27. The molecule has 0 unspecified atom stereocenters. The molecule has 1 aromatic heterocycles. The van der Waals surface area contributed by atoms with Gasteiger partial charge in [-0.1, -0.05) is 25.2 Å². The number of rotatable bonds is 3. The van der Waals surface area contributed by atoms with Crippen LogP contribution in [0.1, 0.15) is 24.4 Å². The van der Waals surface area contributed by atoms with Gasteiger partial charge in [-0.2, -0.15) is 5.26 Å². The van der Waals surface area contributed by atoms with Gasteiger partial charge in [-0.05, 0) is 12.3 Å². The van der Waals surface area contributed by atoms with Crippen LogP contribution >= 0.6 is 11.3 Å². The van der Waals surface area contributed by atoms with Crippen LogP contribution in [0.5, 0.6) is 0 Å². The minimum Gasteiger partial charge on any atom is -0.346 e. The van der Waals surface area contributed by atoms with E-state index in [1.165, 1.54) is 11.3 Å². The van der Waals surface area contributed by atoms with Crippen molar-refractivity contribution in [2.24, 2.45) is 5.92 Å². The lowest BCUT2D eigenvalue weighted by atomic mass is 10.1. The van der Waals surface area contributed by atoms with Gasteiger partial charge in [0, 0.05) is 26.2 Å². The summed E-state index contributed by atoms with van der Waals surface area (Å²) in [5, 5.41) is 13.5. The summed E-state index contributed by atoms with van der Waals surface area (Å²) >= 11 is 1.53. The Hall–Kier alpha value is -1.12. The predicted octanol–water partition coefficient (Wildman–Crippen LogP) is 1.62. The van der Waals surface area contributed by atoms with Crippen molar-refractivity contribution >= 4 is 16.5 Å². The van der Waals surface area contributed by atoms with E-state index < -0.39 is 0 Å².